The Morgan fingerprint density at radius 1 is 1.18 bits per heavy atom. The number of amides is 1. The van der Waals surface area contributed by atoms with Crippen LogP contribution in [-0.2, 0) is 9.53 Å². The molecule has 22 heavy (non-hydrogen) atoms. The number of hydrogen-bond acceptors (Lipinski definition) is 4. The van der Waals surface area contributed by atoms with Gasteiger partial charge >= 0.3 is 5.97 Å². The van der Waals surface area contributed by atoms with Gasteiger partial charge in [0, 0.05) is 18.7 Å². The number of hydrogen-bond donors (Lipinski definition) is 1. The number of aromatic nitrogens is 2. The molecule has 0 radical (unpaired) electrons. The van der Waals surface area contributed by atoms with Crippen LogP contribution in [-0.4, -0.2) is 46.7 Å². The SMILES string of the molecule is CCN(CC)C(=O)COC(=O)c1cc(-c2ccccc2)n[nH]1. The number of aromatic amines is 1. The van der Waals surface area contributed by atoms with Crippen LogP contribution in [0.3, 0.4) is 0 Å². The Kier molecular flexibility index (Phi) is 5.30. The zero-order valence-electron chi connectivity index (χ0n) is 12.7. The van der Waals surface area contributed by atoms with E-state index in [9.17, 15) is 9.59 Å². The van der Waals surface area contributed by atoms with E-state index < -0.39 is 5.97 Å². The molecule has 6 nitrogen and oxygen atoms in total. The first kappa shape index (κ1) is 15.8. The molecule has 1 amide bonds. The molecule has 0 atom stereocenters. The monoisotopic (exact) mass is 301 g/mol. The standard InChI is InChI=1S/C16H19N3O3/c1-3-19(4-2)15(20)11-22-16(21)14-10-13(17-18-14)12-8-6-5-7-9-12/h5-10H,3-4,11H2,1-2H3,(H,17,18). The number of carbonyl (C=O) groups excluding carboxylic acids is 2. The van der Waals surface area contributed by atoms with Crippen molar-refractivity contribution in [2.75, 3.05) is 19.7 Å². The lowest BCUT2D eigenvalue weighted by Crippen LogP contribution is -2.34. The van der Waals surface area contributed by atoms with Crippen LogP contribution in [0.1, 0.15) is 24.3 Å². The minimum Gasteiger partial charge on any atom is -0.451 e. The van der Waals surface area contributed by atoms with Gasteiger partial charge in [0.15, 0.2) is 6.61 Å². The molecule has 1 aromatic carbocycles. The fourth-order valence-electron chi connectivity index (χ4n) is 2.06. The molecule has 1 aromatic heterocycles. The van der Waals surface area contributed by atoms with E-state index in [1.54, 1.807) is 11.0 Å². The molecule has 1 heterocycles. The van der Waals surface area contributed by atoms with Gasteiger partial charge in [0.1, 0.15) is 5.69 Å². The van der Waals surface area contributed by atoms with E-state index in [1.807, 2.05) is 44.2 Å². The minimum atomic E-state index is -0.588. The van der Waals surface area contributed by atoms with E-state index in [4.69, 9.17) is 4.74 Å². The number of H-pyrrole nitrogens is 1. The molecule has 0 unspecified atom stereocenters. The van der Waals surface area contributed by atoms with Gasteiger partial charge in [-0.15, -0.1) is 0 Å². The van der Waals surface area contributed by atoms with Gasteiger partial charge in [-0.1, -0.05) is 30.3 Å². The van der Waals surface area contributed by atoms with Gasteiger partial charge < -0.3 is 9.64 Å². The normalized spacial score (nSPS) is 10.3. The molecule has 6 heteroatoms. The van der Waals surface area contributed by atoms with Crippen molar-refractivity contribution in [3.05, 3.63) is 42.1 Å². The third kappa shape index (κ3) is 3.72. The second kappa shape index (κ2) is 7.40. The van der Waals surface area contributed by atoms with E-state index in [0.29, 0.717) is 18.8 Å². The lowest BCUT2D eigenvalue weighted by molar-refractivity contribution is -0.134. The van der Waals surface area contributed by atoms with Crippen LogP contribution < -0.4 is 0 Å². The van der Waals surface area contributed by atoms with Crippen molar-refractivity contribution in [2.45, 2.75) is 13.8 Å². The van der Waals surface area contributed by atoms with Crippen molar-refractivity contribution in [1.82, 2.24) is 15.1 Å². The number of nitrogens with zero attached hydrogens (tertiary/aromatic N) is 2. The number of esters is 1. The Morgan fingerprint density at radius 2 is 1.86 bits per heavy atom. The number of likely N-dealkylation sites (N-methyl/N-ethyl adjacent to an activating group) is 1. The van der Waals surface area contributed by atoms with Gasteiger partial charge in [-0.2, -0.15) is 5.10 Å². The zero-order valence-corrected chi connectivity index (χ0v) is 12.7. The summed E-state index contributed by atoms with van der Waals surface area (Å²) in [6, 6.07) is 11.1. The van der Waals surface area contributed by atoms with Crippen LogP contribution >= 0.6 is 0 Å². The number of ether oxygens (including phenoxy) is 1. The van der Waals surface area contributed by atoms with Gasteiger partial charge in [0.25, 0.3) is 5.91 Å². The molecule has 1 N–H and O–H groups in total. The average molecular weight is 301 g/mol. The van der Waals surface area contributed by atoms with E-state index in [2.05, 4.69) is 10.2 Å². The molecular formula is C16H19N3O3. The summed E-state index contributed by atoms with van der Waals surface area (Å²) in [4.78, 5) is 25.3. The first-order valence-corrected chi connectivity index (χ1v) is 7.21. The quantitative estimate of drug-likeness (QED) is 0.829. The molecule has 0 aliphatic rings. The lowest BCUT2D eigenvalue weighted by atomic mass is 10.1. The first-order valence-electron chi connectivity index (χ1n) is 7.21. The van der Waals surface area contributed by atoms with E-state index in [0.717, 1.165) is 5.56 Å². The molecular weight excluding hydrogens is 282 g/mol. The highest BCUT2D eigenvalue weighted by Gasteiger charge is 2.16. The van der Waals surface area contributed by atoms with Crippen molar-refractivity contribution in [2.24, 2.45) is 0 Å². The summed E-state index contributed by atoms with van der Waals surface area (Å²) in [7, 11) is 0. The summed E-state index contributed by atoms with van der Waals surface area (Å²) < 4.78 is 5.02. The Hall–Kier alpha value is -2.63. The molecule has 0 fully saturated rings. The van der Waals surface area contributed by atoms with Crippen molar-refractivity contribution < 1.29 is 14.3 Å². The first-order chi connectivity index (χ1) is 10.7. The van der Waals surface area contributed by atoms with E-state index in [-0.39, 0.29) is 18.2 Å². The summed E-state index contributed by atoms with van der Waals surface area (Å²) in [6.45, 7) is 4.68. The molecule has 2 rings (SSSR count). The van der Waals surface area contributed by atoms with Crippen molar-refractivity contribution in [3.63, 3.8) is 0 Å². The Morgan fingerprint density at radius 3 is 2.50 bits per heavy atom. The van der Waals surface area contributed by atoms with Crippen LogP contribution in [0.25, 0.3) is 11.3 Å². The molecule has 0 saturated carbocycles. The topological polar surface area (TPSA) is 75.3 Å². The molecule has 2 aromatic rings. The largest absolute Gasteiger partial charge is 0.451 e. The van der Waals surface area contributed by atoms with Crippen LogP contribution in [0, 0.1) is 0 Å². The minimum absolute atomic E-state index is 0.207. The van der Waals surface area contributed by atoms with E-state index >= 15 is 0 Å². The third-order valence-corrected chi connectivity index (χ3v) is 3.31. The second-order valence-corrected chi connectivity index (χ2v) is 4.68. The second-order valence-electron chi connectivity index (χ2n) is 4.68. The van der Waals surface area contributed by atoms with Crippen LogP contribution in [0.5, 0.6) is 0 Å². The number of benzene rings is 1. The maximum Gasteiger partial charge on any atom is 0.356 e. The van der Waals surface area contributed by atoms with Gasteiger partial charge in [-0.25, -0.2) is 4.79 Å². The van der Waals surface area contributed by atoms with Crippen LogP contribution in [0.2, 0.25) is 0 Å². The summed E-state index contributed by atoms with van der Waals surface area (Å²) >= 11 is 0. The fourth-order valence-corrected chi connectivity index (χ4v) is 2.06. The number of rotatable bonds is 6. The molecule has 0 aliphatic carbocycles. The van der Waals surface area contributed by atoms with Crippen molar-refractivity contribution in [3.8, 4) is 11.3 Å². The number of carbonyl (C=O) groups is 2. The van der Waals surface area contributed by atoms with Crippen LogP contribution in [0.4, 0.5) is 0 Å². The van der Waals surface area contributed by atoms with Gasteiger partial charge in [-0.05, 0) is 19.9 Å². The summed E-state index contributed by atoms with van der Waals surface area (Å²) in [5.41, 5.74) is 1.78. The smallest absolute Gasteiger partial charge is 0.356 e. The molecule has 0 spiro atoms. The van der Waals surface area contributed by atoms with Gasteiger partial charge in [0.05, 0.1) is 5.69 Å². The zero-order chi connectivity index (χ0) is 15.9. The predicted molar refractivity (Wildman–Crippen MR) is 82.2 cm³/mol. The Labute approximate surface area is 129 Å². The molecule has 0 bridgehead atoms. The summed E-state index contributed by atoms with van der Waals surface area (Å²) in [5, 5.41) is 6.72. The van der Waals surface area contributed by atoms with Gasteiger partial charge in [-0.3, -0.25) is 9.89 Å². The van der Waals surface area contributed by atoms with E-state index in [1.165, 1.54) is 0 Å². The molecule has 116 valence electrons. The van der Waals surface area contributed by atoms with Crippen molar-refractivity contribution in [1.29, 1.82) is 0 Å². The van der Waals surface area contributed by atoms with Crippen molar-refractivity contribution >= 4 is 11.9 Å². The maximum atomic E-state index is 11.9. The highest BCUT2D eigenvalue weighted by molar-refractivity contribution is 5.90. The average Bonchev–Trinajstić information content (AvgIpc) is 3.04. The van der Waals surface area contributed by atoms with Gasteiger partial charge in [0.2, 0.25) is 0 Å². The maximum absolute atomic E-state index is 11.9. The number of nitrogens with one attached hydrogen (secondary N) is 1. The third-order valence-electron chi connectivity index (χ3n) is 3.31. The highest BCUT2D eigenvalue weighted by Crippen LogP contribution is 2.17. The predicted octanol–water partition coefficient (Wildman–Crippen LogP) is 2.10. The Bertz CT molecular complexity index is 633. The summed E-state index contributed by atoms with van der Waals surface area (Å²) in [6.07, 6.45) is 0. The van der Waals surface area contributed by atoms with Crippen LogP contribution in [0.15, 0.2) is 36.4 Å². The highest BCUT2D eigenvalue weighted by atomic mass is 16.5. The fraction of sp³-hybridized carbons (Fsp3) is 0.312. The Balaban J connectivity index is 1.97. The summed E-state index contributed by atoms with van der Waals surface area (Å²) in [5.74, 6) is -0.795. The molecule has 0 saturated heterocycles. The lowest BCUT2D eigenvalue weighted by Gasteiger charge is -2.17. The molecule has 0 aliphatic heterocycles.